The number of benzene rings is 1. The van der Waals surface area contributed by atoms with Gasteiger partial charge in [0.25, 0.3) is 0 Å². The highest BCUT2D eigenvalue weighted by molar-refractivity contribution is 5.98. The SMILES string of the molecule is CC(=O)C1(Nc2ccccc2N2CCOCC2)C=C(C)C=CC1C(=O)[O-]. The van der Waals surface area contributed by atoms with E-state index in [2.05, 4.69) is 10.2 Å². The maximum Gasteiger partial charge on any atom is 0.160 e. The summed E-state index contributed by atoms with van der Waals surface area (Å²) in [6, 6.07) is 7.62. The van der Waals surface area contributed by atoms with Gasteiger partial charge in [-0.25, -0.2) is 0 Å². The quantitative estimate of drug-likeness (QED) is 0.853. The number of nitrogens with zero attached hydrogens (tertiary/aromatic N) is 1. The van der Waals surface area contributed by atoms with E-state index in [9.17, 15) is 14.7 Å². The van der Waals surface area contributed by atoms with Gasteiger partial charge in [0.1, 0.15) is 5.54 Å². The van der Waals surface area contributed by atoms with E-state index < -0.39 is 17.4 Å². The van der Waals surface area contributed by atoms with Crippen LogP contribution in [0.2, 0.25) is 0 Å². The van der Waals surface area contributed by atoms with Gasteiger partial charge in [0.2, 0.25) is 0 Å². The number of carbonyl (C=O) groups is 2. The van der Waals surface area contributed by atoms with Gasteiger partial charge in [0.15, 0.2) is 5.78 Å². The third kappa shape index (κ3) is 3.37. The minimum absolute atomic E-state index is 0.271. The third-order valence-electron chi connectivity index (χ3n) is 4.93. The molecule has 1 saturated heterocycles. The molecule has 1 heterocycles. The normalized spacial score (nSPS) is 25.5. The molecule has 6 nitrogen and oxygen atoms in total. The van der Waals surface area contributed by atoms with Crippen molar-refractivity contribution in [3.05, 3.63) is 48.1 Å². The molecule has 0 radical (unpaired) electrons. The van der Waals surface area contributed by atoms with Crippen LogP contribution in [-0.2, 0) is 14.3 Å². The molecule has 1 aliphatic carbocycles. The van der Waals surface area contributed by atoms with E-state index in [-0.39, 0.29) is 5.78 Å². The molecule has 2 aliphatic rings. The number of carbonyl (C=O) groups excluding carboxylic acids is 2. The van der Waals surface area contributed by atoms with Crippen molar-refractivity contribution in [2.24, 2.45) is 5.92 Å². The first kappa shape index (κ1) is 18.2. The van der Waals surface area contributed by atoms with Crippen molar-refractivity contribution in [3.8, 4) is 0 Å². The van der Waals surface area contributed by atoms with Gasteiger partial charge in [-0.1, -0.05) is 29.9 Å². The highest BCUT2D eigenvalue weighted by Gasteiger charge is 2.43. The van der Waals surface area contributed by atoms with E-state index in [0.717, 1.165) is 30.0 Å². The monoisotopic (exact) mass is 355 g/mol. The minimum Gasteiger partial charge on any atom is -0.549 e. The lowest BCUT2D eigenvalue weighted by molar-refractivity contribution is -0.310. The fourth-order valence-corrected chi connectivity index (χ4v) is 3.57. The number of rotatable bonds is 5. The Balaban J connectivity index is 2.03. The molecule has 1 fully saturated rings. The van der Waals surface area contributed by atoms with Crippen LogP contribution in [-0.4, -0.2) is 43.6 Å². The number of morpholine rings is 1. The van der Waals surface area contributed by atoms with E-state index in [0.29, 0.717) is 13.2 Å². The molecule has 6 heteroatoms. The Morgan fingerprint density at radius 1 is 1.27 bits per heavy atom. The number of nitrogens with one attached hydrogen (secondary N) is 1. The fraction of sp³-hybridized carbons (Fsp3) is 0.400. The van der Waals surface area contributed by atoms with Gasteiger partial charge in [-0.15, -0.1) is 0 Å². The van der Waals surface area contributed by atoms with Crippen LogP contribution >= 0.6 is 0 Å². The molecule has 3 rings (SSSR count). The third-order valence-corrected chi connectivity index (χ3v) is 4.93. The molecule has 138 valence electrons. The first-order valence-corrected chi connectivity index (χ1v) is 8.73. The Morgan fingerprint density at radius 3 is 2.62 bits per heavy atom. The Hall–Kier alpha value is -2.60. The van der Waals surface area contributed by atoms with Gasteiger partial charge in [0, 0.05) is 13.1 Å². The molecule has 1 aromatic rings. The molecule has 2 unspecified atom stereocenters. The first-order chi connectivity index (χ1) is 12.4. The molecule has 2 atom stereocenters. The number of anilines is 2. The number of ether oxygens (including phenoxy) is 1. The topological polar surface area (TPSA) is 81.7 Å². The highest BCUT2D eigenvalue weighted by atomic mass is 16.5. The van der Waals surface area contributed by atoms with Crippen molar-refractivity contribution in [3.63, 3.8) is 0 Å². The number of hydrogen-bond donors (Lipinski definition) is 1. The molecule has 1 aromatic carbocycles. The number of carboxylic acid groups (broad SMARTS) is 1. The second-order valence-corrected chi connectivity index (χ2v) is 6.71. The molecule has 0 saturated carbocycles. The summed E-state index contributed by atoms with van der Waals surface area (Å²) in [5, 5.41) is 15.0. The Morgan fingerprint density at radius 2 is 1.96 bits per heavy atom. The number of ketones is 1. The van der Waals surface area contributed by atoms with Gasteiger partial charge in [-0.05, 0) is 32.1 Å². The van der Waals surface area contributed by atoms with E-state index in [1.54, 1.807) is 12.2 Å². The lowest BCUT2D eigenvalue weighted by Crippen LogP contribution is -2.56. The van der Waals surface area contributed by atoms with Crippen LogP contribution in [0.5, 0.6) is 0 Å². The van der Waals surface area contributed by atoms with Crippen LogP contribution in [0.15, 0.2) is 48.1 Å². The molecule has 0 bridgehead atoms. The summed E-state index contributed by atoms with van der Waals surface area (Å²) in [6.07, 6.45) is 4.92. The lowest BCUT2D eigenvalue weighted by Gasteiger charge is -2.41. The van der Waals surface area contributed by atoms with Crippen molar-refractivity contribution in [1.82, 2.24) is 0 Å². The smallest absolute Gasteiger partial charge is 0.160 e. The van der Waals surface area contributed by atoms with Gasteiger partial charge < -0.3 is 24.9 Å². The predicted molar refractivity (Wildman–Crippen MR) is 97.9 cm³/mol. The number of carboxylic acids is 1. The van der Waals surface area contributed by atoms with Crippen molar-refractivity contribution in [1.29, 1.82) is 0 Å². The van der Waals surface area contributed by atoms with E-state index in [4.69, 9.17) is 4.74 Å². The maximum atomic E-state index is 12.6. The number of allylic oxidation sites excluding steroid dienone is 2. The summed E-state index contributed by atoms with van der Waals surface area (Å²) in [4.78, 5) is 26.5. The molecule has 1 N–H and O–H groups in total. The Labute approximate surface area is 153 Å². The van der Waals surface area contributed by atoms with E-state index >= 15 is 0 Å². The Kier molecular flexibility index (Phi) is 5.13. The van der Waals surface area contributed by atoms with Crippen LogP contribution in [0, 0.1) is 5.92 Å². The predicted octanol–water partition coefficient (Wildman–Crippen LogP) is 1.15. The van der Waals surface area contributed by atoms with Crippen molar-refractivity contribution < 1.29 is 19.4 Å². The summed E-state index contributed by atoms with van der Waals surface area (Å²) >= 11 is 0. The average Bonchev–Trinajstić information content (AvgIpc) is 2.62. The van der Waals surface area contributed by atoms with Gasteiger partial charge in [-0.2, -0.15) is 0 Å². The maximum absolute atomic E-state index is 12.6. The summed E-state index contributed by atoms with van der Waals surface area (Å²) in [5.74, 6) is -2.63. The van der Waals surface area contributed by atoms with Gasteiger partial charge in [0.05, 0.1) is 36.5 Å². The van der Waals surface area contributed by atoms with Gasteiger partial charge in [-0.3, -0.25) is 4.79 Å². The highest BCUT2D eigenvalue weighted by Crippen LogP contribution is 2.36. The van der Waals surface area contributed by atoms with Gasteiger partial charge >= 0.3 is 0 Å². The van der Waals surface area contributed by atoms with Crippen LogP contribution in [0.25, 0.3) is 0 Å². The molecule has 26 heavy (non-hydrogen) atoms. The van der Waals surface area contributed by atoms with E-state index in [1.807, 2.05) is 31.2 Å². The van der Waals surface area contributed by atoms with Crippen LogP contribution in [0.4, 0.5) is 11.4 Å². The second-order valence-electron chi connectivity index (χ2n) is 6.71. The van der Waals surface area contributed by atoms with Crippen LogP contribution in [0.3, 0.4) is 0 Å². The molecular weight excluding hydrogens is 332 g/mol. The Bertz CT molecular complexity index is 765. The molecule has 0 amide bonds. The summed E-state index contributed by atoms with van der Waals surface area (Å²) in [6.45, 7) is 6.00. The zero-order chi connectivity index (χ0) is 18.7. The van der Waals surface area contributed by atoms with Crippen LogP contribution in [0.1, 0.15) is 13.8 Å². The molecule has 1 aliphatic heterocycles. The summed E-state index contributed by atoms with van der Waals surface area (Å²) in [5.41, 5.74) is 1.10. The van der Waals surface area contributed by atoms with Crippen molar-refractivity contribution in [2.75, 3.05) is 36.5 Å². The lowest BCUT2D eigenvalue weighted by atomic mass is 9.75. The number of Topliss-reactive ketones (excluding diaryl/α,β-unsaturated/α-hetero) is 1. The second kappa shape index (κ2) is 7.33. The zero-order valence-corrected chi connectivity index (χ0v) is 15.0. The van der Waals surface area contributed by atoms with E-state index in [1.165, 1.54) is 13.0 Å². The molecule has 0 spiro atoms. The minimum atomic E-state index is -1.37. The fourth-order valence-electron chi connectivity index (χ4n) is 3.57. The van der Waals surface area contributed by atoms with Crippen LogP contribution < -0.4 is 15.3 Å². The number of aliphatic carboxylic acids is 1. The largest absolute Gasteiger partial charge is 0.549 e. The summed E-state index contributed by atoms with van der Waals surface area (Å²) in [7, 11) is 0. The standard InChI is InChI=1S/C20H24N2O4/c1-14-7-8-16(19(24)25)20(13-14,15(2)23)21-17-5-3-4-6-18(17)22-9-11-26-12-10-22/h3-8,13,16,21H,9-12H2,1-2H3,(H,24,25)/p-1. The number of para-hydroxylation sites is 2. The zero-order valence-electron chi connectivity index (χ0n) is 15.0. The molecule has 0 aromatic heterocycles. The number of hydrogen-bond acceptors (Lipinski definition) is 6. The van der Waals surface area contributed by atoms with Crippen molar-refractivity contribution >= 4 is 23.1 Å². The van der Waals surface area contributed by atoms with Crippen molar-refractivity contribution in [2.45, 2.75) is 19.4 Å². The summed E-state index contributed by atoms with van der Waals surface area (Å²) < 4.78 is 5.41. The first-order valence-electron chi connectivity index (χ1n) is 8.73. The molecular formula is C20H23N2O4-. The average molecular weight is 355 g/mol.